The fourth-order valence-electron chi connectivity index (χ4n) is 2.93. The number of rotatable bonds is 3. The first-order valence-electron chi connectivity index (χ1n) is 8.37. The third-order valence-corrected chi connectivity index (χ3v) is 4.53. The minimum absolute atomic E-state index is 0.107. The van der Waals surface area contributed by atoms with Crippen LogP contribution >= 0.6 is 23.2 Å². The second kappa shape index (κ2) is 7.04. The highest BCUT2D eigenvalue weighted by Gasteiger charge is 2.33. The van der Waals surface area contributed by atoms with Gasteiger partial charge in [0.25, 0.3) is 0 Å². The maximum absolute atomic E-state index is 12.8. The highest BCUT2D eigenvalue weighted by Crippen LogP contribution is 2.25. The Morgan fingerprint density at radius 2 is 2.12 bits per heavy atom. The molecule has 1 atom stereocenters. The molecule has 1 aliphatic rings. The minimum Gasteiger partial charge on any atom is -0.458 e. The molecule has 0 fully saturated rings. The van der Waals surface area contributed by atoms with Crippen molar-refractivity contribution in [2.75, 3.05) is 0 Å². The average Bonchev–Trinajstić information content (AvgIpc) is 2.85. The Kier molecular flexibility index (Phi) is 5.12. The topological polar surface area (TPSA) is 79.0 Å². The Morgan fingerprint density at radius 3 is 2.77 bits per heavy atom. The molecule has 0 aromatic carbocycles. The Bertz CT molecular complexity index is 898. The van der Waals surface area contributed by atoms with Crippen LogP contribution in [-0.2, 0) is 22.5 Å². The largest absolute Gasteiger partial charge is 0.458 e. The van der Waals surface area contributed by atoms with Gasteiger partial charge in [0.1, 0.15) is 17.5 Å². The van der Waals surface area contributed by atoms with E-state index in [4.69, 9.17) is 27.9 Å². The monoisotopic (exact) mass is 398 g/mol. The van der Waals surface area contributed by atoms with Gasteiger partial charge in [0.05, 0.1) is 22.3 Å². The zero-order valence-electron chi connectivity index (χ0n) is 14.8. The molecule has 3 rings (SSSR count). The molecule has 0 amide bonds. The number of hydrogen-bond acceptors (Lipinski definition) is 5. The SMILES string of the molecule is CC(C)(C)OC(=O)[C@@H]1CCCc2nn(Cc3ncc(Cl)cc3Cl)c(=O)n21. The number of hydrogen-bond donors (Lipinski definition) is 0. The number of carbonyl (C=O) groups excluding carboxylic acids is 1. The highest BCUT2D eigenvalue weighted by molar-refractivity contribution is 6.34. The third kappa shape index (κ3) is 3.94. The van der Waals surface area contributed by atoms with Gasteiger partial charge in [-0.2, -0.15) is 5.10 Å². The molecule has 26 heavy (non-hydrogen) atoms. The summed E-state index contributed by atoms with van der Waals surface area (Å²) in [5.74, 6) is 0.157. The summed E-state index contributed by atoms with van der Waals surface area (Å²) in [6.07, 6.45) is 3.41. The van der Waals surface area contributed by atoms with Gasteiger partial charge in [-0.05, 0) is 39.7 Å². The molecule has 2 aromatic rings. The van der Waals surface area contributed by atoms with Crippen LogP contribution in [0, 0.1) is 0 Å². The minimum atomic E-state index is -0.659. The molecular formula is C17H20Cl2N4O3. The second-order valence-electron chi connectivity index (χ2n) is 7.25. The van der Waals surface area contributed by atoms with E-state index in [0.717, 1.165) is 6.42 Å². The molecule has 7 nitrogen and oxygen atoms in total. The first kappa shape index (κ1) is 18.9. The van der Waals surface area contributed by atoms with Crippen LogP contribution in [0.15, 0.2) is 17.1 Å². The molecule has 0 saturated carbocycles. The van der Waals surface area contributed by atoms with Gasteiger partial charge in [-0.1, -0.05) is 23.2 Å². The van der Waals surface area contributed by atoms with Gasteiger partial charge in [0.15, 0.2) is 0 Å². The van der Waals surface area contributed by atoms with Crippen LogP contribution < -0.4 is 5.69 Å². The number of esters is 1. The maximum Gasteiger partial charge on any atom is 0.347 e. The number of carbonyl (C=O) groups is 1. The Labute approximate surface area is 160 Å². The predicted molar refractivity (Wildman–Crippen MR) is 97.7 cm³/mol. The molecule has 1 aliphatic heterocycles. The van der Waals surface area contributed by atoms with E-state index in [1.165, 1.54) is 15.4 Å². The second-order valence-corrected chi connectivity index (χ2v) is 8.09. The maximum atomic E-state index is 12.8. The lowest BCUT2D eigenvalue weighted by Crippen LogP contribution is -2.38. The first-order valence-corrected chi connectivity index (χ1v) is 9.12. The molecule has 0 bridgehead atoms. The van der Waals surface area contributed by atoms with Crippen LogP contribution in [0.5, 0.6) is 0 Å². The van der Waals surface area contributed by atoms with Crippen molar-refractivity contribution in [1.29, 1.82) is 0 Å². The van der Waals surface area contributed by atoms with Gasteiger partial charge >= 0.3 is 11.7 Å². The van der Waals surface area contributed by atoms with E-state index in [-0.39, 0.29) is 12.2 Å². The van der Waals surface area contributed by atoms with E-state index in [2.05, 4.69) is 10.1 Å². The summed E-state index contributed by atoms with van der Waals surface area (Å²) < 4.78 is 8.17. The van der Waals surface area contributed by atoms with Gasteiger partial charge in [0.2, 0.25) is 0 Å². The lowest BCUT2D eigenvalue weighted by atomic mass is 10.0. The van der Waals surface area contributed by atoms with Crippen molar-refractivity contribution in [1.82, 2.24) is 19.3 Å². The van der Waals surface area contributed by atoms with Crippen LogP contribution in [-0.4, -0.2) is 30.9 Å². The van der Waals surface area contributed by atoms with Crippen molar-refractivity contribution in [2.45, 2.75) is 58.2 Å². The third-order valence-electron chi connectivity index (χ3n) is 3.99. The van der Waals surface area contributed by atoms with Crippen LogP contribution in [0.3, 0.4) is 0 Å². The molecule has 2 aromatic heterocycles. The summed E-state index contributed by atoms with van der Waals surface area (Å²) >= 11 is 12.0. The van der Waals surface area contributed by atoms with Crippen molar-refractivity contribution < 1.29 is 9.53 Å². The molecule has 140 valence electrons. The van der Waals surface area contributed by atoms with Gasteiger partial charge in [-0.3, -0.25) is 9.55 Å². The number of aromatic nitrogens is 4. The zero-order chi connectivity index (χ0) is 19.1. The van der Waals surface area contributed by atoms with Crippen molar-refractivity contribution >= 4 is 29.2 Å². The Balaban J connectivity index is 1.92. The standard InChI is InChI=1S/C17H20Cl2N4O3/c1-17(2,3)26-15(24)13-5-4-6-14-21-22(16(25)23(13)14)9-12-11(19)7-10(18)8-20-12/h7-8,13H,4-6,9H2,1-3H3/t13-/m0/s1. The molecule has 0 aliphatic carbocycles. The van der Waals surface area contributed by atoms with Crippen LogP contribution in [0.25, 0.3) is 0 Å². The van der Waals surface area contributed by atoms with Gasteiger partial charge in [-0.25, -0.2) is 14.3 Å². The number of halogens is 2. The lowest BCUT2D eigenvalue weighted by Gasteiger charge is -2.26. The fourth-order valence-corrected chi connectivity index (χ4v) is 3.37. The molecule has 0 radical (unpaired) electrons. The quantitative estimate of drug-likeness (QED) is 0.742. The van der Waals surface area contributed by atoms with Gasteiger partial charge in [-0.15, -0.1) is 0 Å². The molecule has 0 spiro atoms. The summed E-state index contributed by atoms with van der Waals surface area (Å²) in [6.45, 7) is 5.51. The van der Waals surface area contributed by atoms with Gasteiger partial charge < -0.3 is 4.74 Å². The Hall–Kier alpha value is -1.86. The summed E-state index contributed by atoms with van der Waals surface area (Å²) in [5.41, 5.74) is -0.500. The number of ether oxygens (including phenoxy) is 1. The van der Waals surface area contributed by atoms with Crippen LogP contribution in [0.4, 0.5) is 0 Å². The van der Waals surface area contributed by atoms with E-state index in [0.29, 0.717) is 34.4 Å². The summed E-state index contributed by atoms with van der Waals surface area (Å²) in [5, 5.41) is 5.14. The number of nitrogens with zero attached hydrogens (tertiary/aromatic N) is 4. The van der Waals surface area contributed by atoms with Crippen molar-refractivity contribution in [3.8, 4) is 0 Å². The molecule has 0 saturated heterocycles. The highest BCUT2D eigenvalue weighted by atomic mass is 35.5. The summed E-state index contributed by atoms with van der Waals surface area (Å²) in [6, 6.07) is 0.906. The van der Waals surface area contributed by atoms with E-state index in [9.17, 15) is 9.59 Å². The molecule has 3 heterocycles. The predicted octanol–water partition coefficient (Wildman–Crippen LogP) is 3.01. The number of aryl methyl sites for hydroxylation is 1. The van der Waals surface area contributed by atoms with Crippen molar-refractivity contribution in [2.24, 2.45) is 0 Å². The van der Waals surface area contributed by atoms with Crippen molar-refractivity contribution in [3.63, 3.8) is 0 Å². The molecular weight excluding hydrogens is 379 g/mol. The van der Waals surface area contributed by atoms with E-state index >= 15 is 0 Å². The molecule has 0 N–H and O–H groups in total. The average molecular weight is 399 g/mol. The normalized spacial score (nSPS) is 17.0. The van der Waals surface area contributed by atoms with E-state index in [1.807, 2.05) is 0 Å². The fraction of sp³-hybridized carbons (Fsp3) is 0.529. The van der Waals surface area contributed by atoms with E-state index in [1.54, 1.807) is 26.8 Å². The Morgan fingerprint density at radius 1 is 1.38 bits per heavy atom. The van der Waals surface area contributed by atoms with Crippen LogP contribution in [0.2, 0.25) is 10.0 Å². The molecule has 9 heteroatoms. The lowest BCUT2D eigenvalue weighted by molar-refractivity contribution is -0.159. The number of pyridine rings is 1. The van der Waals surface area contributed by atoms with Gasteiger partial charge in [0, 0.05) is 12.6 Å². The van der Waals surface area contributed by atoms with Crippen LogP contribution in [0.1, 0.15) is 51.2 Å². The van der Waals surface area contributed by atoms with E-state index < -0.39 is 17.6 Å². The summed E-state index contributed by atoms with van der Waals surface area (Å²) in [4.78, 5) is 29.5. The smallest absolute Gasteiger partial charge is 0.347 e. The molecule has 0 unspecified atom stereocenters. The first-order chi connectivity index (χ1) is 12.2. The zero-order valence-corrected chi connectivity index (χ0v) is 16.3. The summed E-state index contributed by atoms with van der Waals surface area (Å²) in [7, 11) is 0. The number of fused-ring (bicyclic) bond motifs is 1. The van der Waals surface area contributed by atoms with Crippen molar-refractivity contribution in [3.05, 3.63) is 44.3 Å².